The van der Waals surface area contributed by atoms with Crippen LogP contribution in [0.1, 0.15) is 11.4 Å². The van der Waals surface area contributed by atoms with Crippen LogP contribution in [-0.2, 0) is 13.5 Å². The molecule has 2 aliphatic rings. The zero-order valence-electron chi connectivity index (χ0n) is 30.7. The Bertz CT molecular complexity index is 2870. The highest BCUT2D eigenvalue weighted by Crippen LogP contribution is 2.41. The quantitative estimate of drug-likeness (QED) is 0.0789. The maximum atomic E-state index is 6.58. The van der Waals surface area contributed by atoms with Crippen LogP contribution in [0, 0.1) is 13.8 Å². The third-order valence-electron chi connectivity index (χ3n) is 11.7. The summed E-state index contributed by atoms with van der Waals surface area (Å²) in [4.78, 5) is 0. The van der Waals surface area contributed by atoms with Crippen molar-refractivity contribution < 1.29 is 18.6 Å². The molecule has 0 bridgehead atoms. The Labute approximate surface area is 316 Å². The molecule has 0 fully saturated rings. The van der Waals surface area contributed by atoms with Crippen LogP contribution in [0.4, 0.5) is 0 Å². The number of hydrogen-bond acceptors (Lipinski definition) is 2. The van der Waals surface area contributed by atoms with E-state index in [9.17, 15) is 0 Å². The van der Waals surface area contributed by atoms with E-state index in [1.165, 1.54) is 81.4 Å². The van der Waals surface area contributed by atoms with E-state index in [-0.39, 0.29) is 0 Å². The third-order valence-corrected chi connectivity index (χ3v) is 16.1. The molecule has 0 amide bonds. The first-order chi connectivity index (χ1) is 26.5. The largest absolute Gasteiger partial charge is 0.435 e. The van der Waals surface area contributed by atoms with Crippen molar-refractivity contribution in [2.24, 2.45) is 0 Å². The van der Waals surface area contributed by atoms with Crippen LogP contribution >= 0.6 is 0 Å². The van der Waals surface area contributed by atoms with Crippen LogP contribution in [0.15, 0.2) is 164 Å². The van der Waals surface area contributed by atoms with Gasteiger partial charge in [-0.2, -0.15) is 9.13 Å². The number of aromatic nitrogens is 2. The minimum Gasteiger partial charge on any atom is -0.435 e. The predicted octanol–water partition coefficient (Wildman–Crippen LogP) is 8.64. The number of benzene rings is 7. The van der Waals surface area contributed by atoms with Gasteiger partial charge in [0.1, 0.15) is 19.6 Å². The second kappa shape index (κ2) is 12.7. The molecule has 0 spiro atoms. The molecule has 0 saturated heterocycles. The summed E-state index contributed by atoms with van der Waals surface area (Å²) in [6.45, 7) is 7.87. The molecule has 9 aromatic rings. The normalized spacial score (nSPS) is 12.9. The number of nitrogens with zero attached hydrogens (tertiary/aromatic N) is 2. The zero-order valence-corrected chi connectivity index (χ0v) is 31.7. The minimum absolute atomic E-state index is 0.556. The standard InChI is InChI=1S/C28H24NOSi.C21H16NO/c1-20-13-14-22-16-15-21-17-18-25(28-26(21)27(22)29(20)19-30-28)31(2,23-9-5-3-6-10-23)24-11-7-4-8-12-24;1-14-7-8-17-10-9-16-11-12-18(15-5-3-2-4-6-15)21-19(16)20(17)22(14)13-23-21/h3-18H,19H2,1-2H3;2-12H,13H2,1H3/q2*+1. The fraction of sp³-hybridized carbons (Fsp3) is 0.102. The van der Waals surface area contributed by atoms with Gasteiger partial charge in [0.05, 0.1) is 10.8 Å². The summed E-state index contributed by atoms with van der Waals surface area (Å²) in [5.41, 5.74) is 7.38. The number of rotatable bonds is 4. The Hall–Kier alpha value is -6.30. The smallest absolute Gasteiger partial charge is 0.292 e. The second-order valence-electron chi connectivity index (χ2n) is 14.7. The van der Waals surface area contributed by atoms with Crippen LogP contribution < -0.4 is 34.2 Å². The Balaban J connectivity index is 0.000000140. The van der Waals surface area contributed by atoms with Gasteiger partial charge < -0.3 is 9.47 Å². The topological polar surface area (TPSA) is 26.2 Å². The Kier molecular flexibility index (Phi) is 7.60. The lowest BCUT2D eigenvalue weighted by Crippen LogP contribution is -2.65. The van der Waals surface area contributed by atoms with Crippen molar-refractivity contribution in [1.29, 1.82) is 0 Å². The summed E-state index contributed by atoms with van der Waals surface area (Å²) >= 11 is 0. The molecule has 0 unspecified atom stereocenters. The van der Waals surface area contributed by atoms with Crippen molar-refractivity contribution in [3.63, 3.8) is 0 Å². The van der Waals surface area contributed by atoms with E-state index in [1.54, 1.807) is 0 Å². The van der Waals surface area contributed by atoms with E-state index in [0.29, 0.717) is 13.5 Å². The van der Waals surface area contributed by atoms with Crippen molar-refractivity contribution in [3.05, 3.63) is 175 Å². The lowest BCUT2D eigenvalue weighted by molar-refractivity contribution is -0.707. The van der Waals surface area contributed by atoms with Gasteiger partial charge in [-0.1, -0.05) is 128 Å². The molecule has 11 rings (SSSR count). The van der Waals surface area contributed by atoms with Gasteiger partial charge in [0, 0.05) is 42.3 Å². The Morgan fingerprint density at radius 1 is 0.444 bits per heavy atom. The molecule has 54 heavy (non-hydrogen) atoms. The average molecular weight is 717 g/mol. The first-order valence-corrected chi connectivity index (χ1v) is 21.2. The Morgan fingerprint density at radius 3 is 1.43 bits per heavy atom. The number of pyridine rings is 2. The van der Waals surface area contributed by atoms with Gasteiger partial charge in [-0.25, -0.2) is 0 Å². The summed E-state index contributed by atoms with van der Waals surface area (Å²) in [6.07, 6.45) is 0. The molecular formula is C49H40N2O2Si+2. The molecule has 0 aliphatic carbocycles. The van der Waals surface area contributed by atoms with Crippen molar-refractivity contribution in [2.75, 3.05) is 0 Å². The van der Waals surface area contributed by atoms with Gasteiger partial charge in [0.2, 0.25) is 11.0 Å². The molecule has 0 atom stereocenters. The van der Waals surface area contributed by atoms with Gasteiger partial charge in [-0.15, -0.1) is 0 Å². The molecule has 5 heteroatoms. The first kappa shape index (κ1) is 32.4. The van der Waals surface area contributed by atoms with Gasteiger partial charge in [-0.3, -0.25) is 0 Å². The first-order valence-electron chi connectivity index (χ1n) is 18.7. The summed E-state index contributed by atoms with van der Waals surface area (Å²) in [7, 11) is -2.27. The summed E-state index contributed by atoms with van der Waals surface area (Å²) in [6, 6.07) is 59.0. The van der Waals surface area contributed by atoms with E-state index < -0.39 is 8.07 Å². The van der Waals surface area contributed by atoms with Crippen LogP contribution in [0.5, 0.6) is 11.5 Å². The van der Waals surface area contributed by atoms with Crippen LogP contribution in [-0.4, -0.2) is 8.07 Å². The second-order valence-corrected chi connectivity index (χ2v) is 18.6. The van der Waals surface area contributed by atoms with E-state index in [2.05, 4.69) is 187 Å². The maximum Gasteiger partial charge on any atom is 0.292 e. The van der Waals surface area contributed by atoms with Crippen molar-refractivity contribution in [2.45, 2.75) is 33.9 Å². The molecular weight excluding hydrogens is 677 g/mol. The molecule has 4 heterocycles. The van der Waals surface area contributed by atoms with Crippen molar-refractivity contribution in [1.82, 2.24) is 0 Å². The SMILES string of the molecule is Cc1ccc2ccc3ccc(-c4ccccc4)c4c3c2[n+]1CO4.Cc1ccc2ccc3ccc([Si](C)(c4ccccc4)c4ccccc4)c4c3c2[n+]1CO4. The minimum atomic E-state index is -2.27. The summed E-state index contributed by atoms with van der Waals surface area (Å²) in [5, 5.41) is 11.6. The molecule has 4 nitrogen and oxygen atoms in total. The lowest BCUT2D eigenvalue weighted by atomic mass is 9.97. The summed E-state index contributed by atoms with van der Waals surface area (Å²) in [5.74, 6) is 2.07. The predicted molar refractivity (Wildman–Crippen MR) is 223 cm³/mol. The number of ether oxygens (including phenoxy) is 2. The number of aryl methyl sites for hydroxylation is 2. The fourth-order valence-electron chi connectivity index (χ4n) is 8.72. The average Bonchev–Trinajstić information content (AvgIpc) is 3.24. The van der Waals surface area contributed by atoms with Crippen LogP contribution in [0.25, 0.3) is 54.5 Å². The molecule has 260 valence electrons. The molecule has 7 aromatic carbocycles. The van der Waals surface area contributed by atoms with Gasteiger partial charge in [0.25, 0.3) is 13.5 Å². The maximum absolute atomic E-state index is 6.58. The molecule has 2 aromatic heterocycles. The van der Waals surface area contributed by atoms with E-state index >= 15 is 0 Å². The summed E-state index contributed by atoms with van der Waals surface area (Å²) < 4.78 is 17.4. The highest BCUT2D eigenvalue weighted by atomic mass is 28.3. The van der Waals surface area contributed by atoms with E-state index in [0.717, 1.165) is 11.5 Å². The monoisotopic (exact) mass is 716 g/mol. The molecule has 0 radical (unpaired) electrons. The highest BCUT2D eigenvalue weighted by Gasteiger charge is 2.39. The van der Waals surface area contributed by atoms with E-state index in [1.807, 2.05) is 6.07 Å². The van der Waals surface area contributed by atoms with Crippen molar-refractivity contribution >= 4 is 67.0 Å². The van der Waals surface area contributed by atoms with E-state index in [4.69, 9.17) is 9.47 Å². The van der Waals surface area contributed by atoms with Crippen molar-refractivity contribution in [3.8, 4) is 22.6 Å². The van der Waals surface area contributed by atoms with Crippen LogP contribution in [0.3, 0.4) is 0 Å². The number of hydrogen-bond donors (Lipinski definition) is 0. The van der Waals surface area contributed by atoms with Gasteiger partial charge in [0.15, 0.2) is 11.4 Å². The lowest BCUT2D eigenvalue weighted by Gasteiger charge is -2.32. The molecule has 0 N–H and O–H groups in total. The Morgan fingerprint density at radius 2 is 0.870 bits per heavy atom. The van der Waals surface area contributed by atoms with Gasteiger partial charge >= 0.3 is 0 Å². The fourth-order valence-corrected chi connectivity index (χ4v) is 12.5. The molecule has 0 saturated carbocycles. The third kappa shape index (κ3) is 4.96. The highest BCUT2D eigenvalue weighted by molar-refractivity contribution is 7.11. The molecule has 2 aliphatic heterocycles. The zero-order chi connectivity index (χ0) is 36.4. The van der Waals surface area contributed by atoms with Crippen LogP contribution in [0.2, 0.25) is 6.55 Å². The van der Waals surface area contributed by atoms with Gasteiger partial charge in [-0.05, 0) is 62.2 Å².